The summed E-state index contributed by atoms with van der Waals surface area (Å²) in [6.45, 7) is 0.130. The van der Waals surface area contributed by atoms with Crippen LogP contribution in [0.3, 0.4) is 0 Å². The van der Waals surface area contributed by atoms with Crippen molar-refractivity contribution in [1.29, 1.82) is 0 Å². The number of aromatic amines is 1. The average molecular weight is 210 g/mol. The second kappa shape index (κ2) is 3.35. The highest BCUT2D eigenvalue weighted by Gasteiger charge is 2.30. The van der Waals surface area contributed by atoms with Gasteiger partial charge < -0.3 is 10.8 Å². The normalized spacial score (nSPS) is 21.0. The quantitative estimate of drug-likeness (QED) is 0.519. The van der Waals surface area contributed by atoms with Gasteiger partial charge in [0, 0.05) is 6.07 Å². The van der Waals surface area contributed by atoms with Gasteiger partial charge in [0.05, 0.1) is 19.1 Å². The Morgan fingerprint density at radius 3 is 2.87 bits per heavy atom. The number of nitrogens with zero attached hydrogens (tertiary/aromatic N) is 2. The minimum absolute atomic E-state index is 0.0402. The fourth-order valence-corrected chi connectivity index (χ4v) is 1.48. The maximum Gasteiger partial charge on any atom is 0.254 e. The third-order valence-electron chi connectivity index (χ3n) is 2.11. The molecule has 0 aliphatic carbocycles. The molecule has 1 saturated heterocycles. The van der Waals surface area contributed by atoms with Crippen molar-refractivity contribution in [2.45, 2.75) is 12.5 Å². The summed E-state index contributed by atoms with van der Waals surface area (Å²) in [5.74, 6) is -0.152. The van der Waals surface area contributed by atoms with Crippen molar-refractivity contribution in [3.05, 3.63) is 16.4 Å². The van der Waals surface area contributed by atoms with Gasteiger partial charge >= 0.3 is 0 Å². The Bertz CT molecular complexity index is 455. The molecule has 0 spiro atoms. The number of anilines is 2. The highest BCUT2D eigenvalue weighted by molar-refractivity contribution is 5.94. The summed E-state index contributed by atoms with van der Waals surface area (Å²) in [4.78, 5) is 29.9. The van der Waals surface area contributed by atoms with Crippen LogP contribution in [0.25, 0.3) is 0 Å². The summed E-state index contributed by atoms with van der Waals surface area (Å²) in [7, 11) is 0. The van der Waals surface area contributed by atoms with Crippen LogP contribution in [0.4, 0.5) is 11.8 Å². The van der Waals surface area contributed by atoms with Crippen LogP contribution in [0.2, 0.25) is 0 Å². The lowest BCUT2D eigenvalue weighted by atomic mass is 10.3. The van der Waals surface area contributed by atoms with Crippen molar-refractivity contribution in [2.24, 2.45) is 0 Å². The number of hydrogen-bond donors (Lipinski definition) is 3. The van der Waals surface area contributed by atoms with Crippen LogP contribution in [-0.4, -0.2) is 33.6 Å². The SMILES string of the molecule is Nc1cc(=O)[nH]c(N2CC(O)CC2=O)n1. The molecule has 0 bridgehead atoms. The highest BCUT2D eigenvalue weighted by atomic mass is 16.3. The van der Waals surface area contributed by atoms with Crippen molar-refractivity contribution >= 4 is 17.7 Å². The summed E-state index contributed by atoms with van der Waals surface area (Å²) < 4.78 is 0. The molecule has 7 nitrogen and oxygen atoms in total. The largest absolute Gasteiger partial charge is 0.391 e. The average Bonchev–Trinajstić information content (AvgIpc) is 2.43. The van der Waals surface area contributed by atoms with E-state index in [1.54, 1.807) is 0 Å². The Labute approximate surface area is 84.5 Å². The van der Waals surface area contributed by atoms with Crippen molar-refractivity contribution in [3.63, 3.8) is 0 Å². The zero-order chi connectivity index (χ0) is 11.0. The van der Waals surface area contributed by atoms with Crippen molar-refractivity contribution < 1.29 is 9.90 Å². The summed E-state index contributed by atoms with van der Waals surface area (Å²) in [6.07, 6.45) is -0.678. The second-order valence-corrected chi connectivity index (χ2v) is 3.36. The van der Waals surface area contributed by atoms with Gasteiger partial charge in [-0.25, -0.2) is 0 Å². The van der Waals surface area contributed by atoms with Crippen molar-refractivity contribution in [1.82, 2.24) is 9.97 Å². The first kappa shape index (κ1) is 9.66. The molecule has 1 aliphatic rings. The molecule has 1 aromatic heterocycles. The molecule has 15 heavy (non-hydrogen) atoms. The van der Waals surface area contributed by atoms with Crippen molar-refractivity contribution in [3.8, 4) is 0 Å². The molecule has 1 amide bonds. The fraction of sp³-hybridized carbons (Fsp3) is 0.375. The van der Waals surface area contributed by atoms with E-state index in [2.05, 4.69) is 9.97 Å². The van der Waals surface area contributed by atoms with E-state index in [0.717, 1.165) is 6.07 Å². The maximum atomic E-state index is 11.4. The molecule has 2 heterocycles. The van der Waals surface area contributed by atoms with Crippen LogP contribution in [0, 0.1) is 0 Å². The zero-order valence-electron chi connectivity index (χ0n) is 7.80. The monoisotopic (exact) mass is 210 g/mol. The molecule has 1 fully saturated rings. The number of H-pyrrole nitrogens is 1. The van der Waals surface area contributed by atoms with Gasteiger partial charge in [0.15, 0.2) is 0 Å². The van der Waals surface area contributed by atoms with Gasteiger partial charge in [0.25, 0.3) is 5.56 Å². The number of carbonyl (C=O) groups is 1. The van der Waals surface area contributed by atoms with E-state index < -0.39 is 11.7 Å². The molecule has 1 atom stereocenters. The Balaban J connectivity index is 2.37. The number of nitrogens with two attached hydrogens (primary N) is 1. The van der Waals surface area contributed by atoms with Crippen LogP contribution in [0.1, 0.15) is 6.42 Å². The third-order valence-corrected chi connectivity index (χ3v) is 2.11. The van der Waals surface area contributed by atoms with E-state index in [4.69, 9.17) is 5.73 Å². The predicted molar refractivity (Wildman–Crippen MR) is 52.2 cm³/mol. The van der Waals surface area contributed by atoms with Crippen LogP contribution in [0.5, 0.6) is 0 Å². The van der Waals surface area contributed by atoms with Gasteiger partial charge in [-0.1, -0.05) is 0 Å². The number of hydrogen-bond acceptors (Lipinski definition) is 5. The number of rotatable bonds is 1. The maximum absolute atomic E-state index is 11.4. The summed E-state index contributed by atoms with van der Waals surface area (Å²) in [5, 5.41) is 9.26. The Morgan fingerprint density at radius 1 is 1.60 bits per heavy atom. The van der Waals surface area contributed by atoms with Crippen LogP contribution in [0.15, 0.2) is 10.9 Å². The Kier molecular flexibility index (Phi) is 2.16. The van der Waals surface area contributed by atoms with E-state index in [1.165, 1.54) is 4.90 Å². The van der Waals surface area contributed by atoms with Gasteiger partial charge in [0.2, 0.25) is 11.9 Å². The lowest BCUT2D eigenvalue weighted by Crippen LogP contribution is -2.29. The van der Waals surface area contributed by atoms with E-state index in [1.807, 2.05) is 0 Å². The van der Waals surface area contributed by atoms with E-state index in [9.17, 15) is 14.7 Å². The first-order valence-corrected chi connectivity index (χ1v) is 4.41. The molecule has 0 radical (unpaired) electrons. The molecule has 4 N–H and O–H groups in total. The summed E-state index contributed by atoms with van der Waals surface area (Å²) in [6, 6.07) is 1.13. The summed E-state index contributed by atoms with van der Waals surface area (Å²) in [5.41, 5.74) is 4.95. The van der Waals surface area contributed by atoms with E-state index >= 15 is 0 Å². The Hall–Kier alpha value is -1.89. The molecule has 80 valence electrons. The lowest BCUT2D eigenvalue weighted by Gasteiger charge is -2.13. The molecule has 1 aliphatic heterocycles. The van der Waals surface area contributed by atoms with Gasteiger partial charge in [-0.3, -0.25) is 19.5 Å². The second-order valence-electron chi connectivity index (χ2n) is 3.36. The van der Waals surface area contributed by atoms with Crippen LogP contribution in [-0.2, 0) is 4.79 Å². The van der Waals surface area contributed by atoms with Gasteiger partial charge in [-0.05, 0) is 0 Å². The van der Waals surface area contributed by atoms with Gasteiger partial charge in [-0.15, -0.1) is 0 Å². The number of nitrogens with one attached hydrogen (secondary N) is 1. The Morgan fingerprint density at radius 2 is 2.33 bits per heavy atom. The highest BCUT2D eigenvalue weighted by Crippen LogP contribution is 2.16. The third kappa shape index (κ3) is 1.82. The first-order chi connectivity index (χ1) is 7.06. The minimum Gasteiger partial charge on any atom is -0.391 e. The lowest BCUT2D eigenvalue weighted by molar-refractivity contribution is -0.117. The molecule has 1 aromatic rings. The van der Waals surface area contributed by atoms with Crippen molar-refractivity contribution in [2.75, 3.05) is 17.2 Å². The van der Waals surface area contributed by atoms with Crippen LogP contribution >= 0.6 is 0 Å². The zero-order valence-corrected chi connectivity index (χ0v) is 7.80. The molecule has 1 unspecified atom stereocenters. The number of aliphatic hydroxyl groups excluding tert-OH is 1. The number of β-amino-alcohol motifs (C(OH)–C–C–N with tert-alkyl or cyclic N) is 1. The molecule has 0 saturated carbocycles. The number of aliphatic hydroxyl groups is 1. The van der Waals surface area contributed by atoms with Gasteiger partial charge in [-0.2, -0.15) is 4.98 Å². The van der Waals surface area contributed by atoms with E-state index in [-0.39, 0.29) is 30.6 Å². The smallest absolute Gasteiger partial charge is 0.254 e. The number of carbonyl (C=O) groups excluding carboxylic acids is 1. The van der Waals surface area contributed by atoms with Gasteiger partial charge in [0.1, 0.15) is 5.82 Å². The fourth-order valence-electron chi connectivity index (χ4n) is 1.48. The predicted octanol–water partition coefficient (Wildman–Crippen LogP) is -1.55. The van der Waals surface area contributed by atoms with Crippen LogP contribution < -0.4 is 16.2 Å². The number of nitrogen functional groups attached to an aromatic ring is 1. The van der Waals surface area contributed by atoms with E-state index in [0.29, 0.717) is 0 Å². The topological polar surface area (TPSA) is 112 Å². The standard InChI is InChI=1S/C8H10N4O3/c9-5-2-6(14)11-8(10-5)12-3-4(13)1-7(12)15/h2,4,13H,1,3H2,(H3,9,10,11,14). The minimum atomic E-state index is -0.718. The molecular weight excluding hydrogens is 200 g/mol. The first-order valence-electron chi connectivity index (χ1n) is 4.41. The number of aromatic nitrogens is 2. The number of amides is 1. The molecule has 0 aromatic carbocycles. The molecular formula is C8H10N4O3. The molecule has 7 heteroatoms. The summed E-state index contributed by atoms with van der Waals surface area (Å²) >= 11 is 0. The molecule has 2 rings (SSSR count).